The highest BCUT2D eigenvalue weighted by atomic mass is 16.5. The SMILES string of the molecule is COC1=C(OC)C(=O)C23OC(c4cc(OC)c(OC)c(OC)c42)C(C)C(C)CC3=C1. The van der Waals surface area contributed by atoms with Crippen LogP contribution < -0.4 is 14.2 Å². The molecular weight excluding hydrogens is 388 g/mol. The number of hydrogen-bond acceptors (Lipinski definition) is 7. The average Bonchev–Trinajstić information content (AvgIpc) is 3.04. The molecule has 0 radical (unpaired) electrons. The van der Waals surface area contributed by atoms with Crippen LogP contribution in [0.5, 0.6) is 17.2 Å². The molecule has 1 saturated heterocycles. The van der Waals surface area contributed by atoms with Crippen LogP contribution in [0.3, 0.4) is 0 Å². The summed E-state index contributed by atoms with van der Waals surface area (Å²) in [7, 11) is 7.67. The Hall–Kier alpha value is -2.67. The number of ketones is 1. The van der Waals surface area contributed by atoms with Crippen molar-refractivity contribution in [3.8, 4) is 17.2 Å². The van der Waals surface area contributed by atoms with E-state index in [4.69, 9.17) is 28.4 Å². The molecule has 4 atom stereocenters. The van der Waals surface area contributed by atoms with E-state index >= 15 is 0 Å². The van der Waals surface area contributed by atoms with Gasteiger partial charge in [0, 0.05) is 5.56 Å². The van der Waals surface area contributed by atoms with Crippen LogP contribution in [0, 0.1) is 11.8 Å². The molecule has 1 spiro atoms. The number of benzene rings is 1. The first-order valence-electron chi connectivity index (χ1n) is 9.98. The molecule has 1 aromatic carbocycles. The summed E-state index contributed by atoms with van der Waals surface area (Å²) in [4.78, 5) is 13.9. The van der Waals surface area contributed by atoms with Crippen LogP contribution in [0.15, 0.2) is 29.2 Å². The topological polar surface area (TPSA) is 72.5 Å². The summed E-state index contributed by atoms with van der Waals surface area (Å²) >= 11 is 0. The normalized spacial score (nSPS) is 29.5. The van der Waals surface area contributed by atoms with Gasteiger partial charge in [0.25, 0.3) is 0 Å². The fourth-order valence-corrected chi connectivity index (χ4v) is 4.99. The highest BCUT2D eigenvalue weighted by Crippen LogP contribution is 2.63. The summed E-state index contributed by atoms with van der Waals surface area (Å²) in [5.41, 5.74) is 1.01. The molecule has 4 rings (SSSR count). The molecule has 162 valence electrons. The first-order valence-corrected chi connectivity index (χ1v) is 9.98. The van der Waals surface area contributed by atoms with E-state index in [-0.39, 0.29) is 29.5 Å². The standard InChI is InChI=1S/C23H28O7/c1-11-8-13-9-15(25-3)20(28-6)22(24)23(13)17-14(18(30-23)12(11)2)10-16(26-4)19(27-5)21(17)29-7/h9-12,18H,8H2,1-7H3. The maximum Gasteiger partial charge on any atom is 0.241 e. The van der Waals surface area contributed by atoms with Crippen LogP contribution in [0.4, 0.5) is 0 Å². The Labute approximate surface area is 176 Å². The van der Waals surface area contributed by atoms with Gasteiger partial charge >= 0.3 is 0 Å². The van der Waals surface area contributed by atoms with Gasteiger partial charge in [-0.2, -0.15) is 0 Å². The zero-order valence-corrected chi connectivity index (χ0v) is 18.5. The smallest absolute Gasteiger partial charge is 0.241 e. The molecule has 0 saturated carbocycles. The summed E-state index contributed by atoms with van der Waals surface area (Å²) < 4.78 is 34.6. The second-order valence-electron chi connectivity index (χ2n) is 7.97. The molecule has 2 bridgehead atoms. The molecular formula is C23H28O7. The van der Waals surface area contributed by atoms with Crippen molar-refractivity contribution < 1.29 is 33.2 Å². The number of fused-ring (bicyclic) bond motifs is 3. The quantitative estimate of drug-likeness (QED) is 0.725. The highest BCUT2D eigenvalue weighted by molar-refractivity contribution is 6.07. The van der Waals surface area contributed by atoms with E-state index in [0.29, 0.717) is 35.0 Å². The molecule has 1 fully saturated rings. The van der Waals surface area contributed by atoms with E-state index in [1.807, 2.05) is 12.1 Å². The molecule has 0 aromatic heterocycles. The van der Waals surface area contributed by atoms with Crippen molar-refractivity contribution in [1.82, 2.24) is 0 Å². The molecule has 1 aromatic rings. The molecule has 0 amide bonds. The number of Topliss-reactive ketones (excluding diaryl/α,β-unsaturated/α-hetero) is 1. The van der Waals surface area contributed by atoms with E-state index in [0.717, 1.165) is 11.1 Å². The maximum atomic E-state index is 13.9. The van der Waals surface area contributed by atoms with Gasteiger partial charge in [0.05, 0.1) is 41.7 Å². The van der Waals surface area contributed by atoms with E-state index in [1.54, 1.807) is 21.3 Å². The van der Waals surface area contributed by atoms with Crippen molar-refractivity contribution in [3.63, 3.8) is 0 Å². The van der Waals surface area contributed by atoms with Crippen LogP contribution in [-0.2, 0) is 24.6 Å². The van der Waals surface area contributed by atoms with Gasteiger partial charge in [-0.05, 0) is 41.5 Å². The summed E-state index contributed by atoms with van der Waals surface area (Å²) in [6, 6.07) is 1.90. The lowest BCUT2D eigenvalue weighted by atomic mass is 9.70. The third kappa shape index (κ3) is 2.44. The lowest BCUT2D eigenvalue weighted by Gasteiger charge is -2.35. The van der Waals surface area contributed by atoms with Gasteiger partial charge in [-0.1, -0.05) is 13.8 Å². The van der Waals surface area contributed by atoms with E-state index < -0.39 is 5.60 Å². The van der Waals surface area contributed by atoms with Gasteiger partial charge in [-0.15, -0.1) is 0 Å². The lowest BCUT2D eigenvalue weighted by Crippen LogP contribution is -2.42. The molecule has 2 aliphatic heterocycles. The predicted octanol–water partition coefficient (Wildman–Crippen LogP) is 3.67. The van der Waals surface area contributed by atoms with Crippen LogP contribution in [0.2, 0.25) is 0 Å². The van der Waals surface area contributed by atoms with Crippen LogP contribution >= 0.6 is 0 Å². The van der Waals surface area contributed by atoms with Crippen molar-refractivity contribution in [3.05, 3.63) is 40.4 Å². The van der Waals surface area contributed by atoms with E-state index in [1.165, 1.54) is 14.2 Å². The molecule has 30 heavy (non-hydrogen) atoms. The van der Waals surface area contributed by atoms with Crippen molar-refractivity contribution in [2.75, 3.05) is 35.5 Å². The van der Waals surface area contributed by atoms with Crippen molar-refractivity contribution >= 4 is 5.78 Å². The Morgan fingerprint density at radius 3 is 2.23 bits per heavy atom. The Morgan fingerprint density at radius 1 is 0.967 bits per heavy atom. The molecule has 7 nitrogen and oxygen atoms in total. The summed E-state index contributed by atoms with van der Waals surface area (Å²) in [5.74, 6) is 2.07. The van der Waals surface area contributed by atoms with E-state index in [2.05, 4.69) is 13.8 Å². The molecule has 2 heterocycles. The number of allylic oxidation sites excluding steroid dienone is 1. The first kappa shape index (κ1) is 20.6. The van der Waals surface area contributed by atoms with Crippen molar-refractivity contribution in [2.45, 2.75) is 32.0 Å². The van der Waals surface area contributed by atoms with Gasteiger partial charge < -0.3 is 28.4 Å². The van der Waals surface area contributed by atoms with Gasteiger partial charge in [0.2, 0.25) is 17.3 Å². The lowest BCUT2D eigenvalue weighted by molar-refractivity contribution is -0.146. The van der Waals surface area contributed by atoms with Crippen molar-refractivity contribution in [1.29, 1.82) is 0 Å². The number of carbonyl (C=O) groups is 1. The fourth-order valence-electron chi connectivity index (χ4n) is 4.99. The Bertz CT molecular complexity index is 961. The average molecular weight is 416 g/mol. The van der Waals surface area contributed by atoms with Gasteiger partial charge in [-0.3, -0.25) is 4.79 Å². The molecule has 7 heteroatoms. The Kier molecular flexibility index (Phi) is 4.97. The fraction of sp³-hybridized carbons (Fsp3) is 0.522. The summed E-state index contributed by atoms with van der Waals surface area (Å²) in [6.45, 7) is 4.32. The van der Waals surface area contributed by atoms with Gasteiger partial charge in [0.15, 0.2) is 22.9 Å². The van der Waals surface area contributed by atoms with Gasteiger partial charge in [0.1, 0.15) is 0 Å². The van der Waals surface area contributed by atoms with Crippen LogP contribution in [0.25, 0.3) is 0 Å². The maximum absolute atomic E-state index is 13.9. The Morgan fingerprint density at radius 2 is 1.67 bits per heavy atom. The second kappa shape index (κ2) is 7.23. The zero-order valence-electron chi connectivity index (χ0n) is 18.5. The number of rotatable bonds is 5. The molecule has 1 aliphatic carbocycles. The first-order chi connectivity index (χ1) is 14.4. The second-order valence-corrected chi connectivity index (χ2v) is 7.97. The number of ether oxygens (including phenoxy) is 6. The molecule has 3 aliphatic rings. The largest absolute Gasteiger partial charge is 0.493 e. The molecule has 0 N–H and O–H groups in total. The van der Waals surface area contributed by atoms with Crippen LogP contribution in [-0.4, -0.2) is 41.3 Å². The minimum Gasteiger partial charge on any atom is -0.493 e. The Balaban J connectivity index is 2.11. The third-order valence-corrected chi connectivity index (χ3v) is 6.67. The minimum absolute atomic E-state index is 0.131. The number of hydrogen-bond donors (Lipinski definition) is 0. The summed E-state index contributed by atoms with van der Waals surface area (Å²) in [5, 5.41) is 0. The predicted molar refractivity (Wildman–Crippen MR) is 109 cm³/mol. The minimum atomic E-state index is -1.35. The highest BCUT2D eigenvalue weighted by Gasteiger charge is 2.62. The van der Waals surface area contributed by atoms with Crippen LogP contribution in [0.1, 0.15) is 37.5 Å². The monoisotopic (exact) mass is 416 g/mol. The van der Waals surface area contributed by atoms with Gasteiger partial charge in [-0.25, -0.2) is 0 Å². The molecule has 4 unspecified atom stereocenters. The number of methoxy groups -OCH3 is 5. The zero-order chi connectivity index (χ0) is 21.8. The van der Waals surface area contributed by atoms with E-state index in [9.17, 15) is 4.79 Å². The van der Waals surface area contributed by atoms with Crippen molar-refractivity contribution in [2.24, 2.45) is 11.8 Å². The number of carbonyl (C=O) groups excluding carboxylic acids is 1. The third-order valence-electron chi connectivity index (χ3n) is 6.67. The summed E-state index contributed by atoms with van der Waals surface area (Å²) in [6.07, 6.45) is 2.25.